The molecule has 2 heterocycles. The number of likely N-dealkylation sites (tertiary alicyclic amines) is 1. The fourth-order valence-corrected chi connectivity index (χ4v) is 3.67. The minimum atomic E-state index is -5.08. The maximum atomic E-state index is 13.0. The number of carboxylic acid groups (broad SMARTS) is 1. The lowest BCUT2D eigenvalue weighted by atomic mass is 9.88. The van der Waals surface area contributed by atoms with Gasteiger partial charge in [0, 0.05) is 19.6 Å². The fourth-order valence-electron chi connectivity index (χ4n) is 2.98. The van der Waals surface area contributed by atoms with Crippen LogP contribution in [0.5, 0.6) is 0 Å². The van der Waals surface area contributed by atoms with Crippen LogP contribution in [0.3, 0.4) is 0 Å². The van der Waals surface area contributed by atoms with Gasteiger partial charge in [0.1, 0.15) is 0 Å². The van der Waals surface area contributed by atoms with Gasteiger partial charge in [0.15, 0.2) is 5.13 Å². The number of hydrogen-bond donors (Lipinski definition) is 2. The van der Waals surface area contributed by atoms with Gasteiger partial charge in [-0.1, -0.05) is 24.3 Å². The summed E-state index contributed by atoms with van der Waals surface area (Å²) in [6.07, 6.45) is -3.21. The molecule has 0 aliphatic carbocycles. The van der Waals surface area contributed by atoms with Gasteiger partial charge < -0.3 is 15.7 Å². The largest absolute Gasteiger partial charge is 0.490 e. The summed E-state index contributed by atoms with van der Waals surface area (Å²) in [4.78, 5) is 23.5. The van der Waals surface area contributed by atoms with Crippen LogP contribution in [0.15, 0.2) is 36.4 Å². The highest BCUT2D eigenvalue weighted by Gasteiger charge is 2.38. The zero-order valence-corrected chi connectivity index (χ0v) is 16.1. The summed E-state index contributed by atoms with van der Waals surface area (Å²) >= 11 is 0.920. The first-order valence-corrected chi connectivity index (χ1v) is 9.57. The van der Waals surface area contributed by atoms with E-state index in [1.807, 2.05) is 17.0 Å². The number of thiophene rings is 1. The van der Waals surface area contributed by atoms with E-state index in [0.717, 1.165) is 42.8 Å². The number of rotatable bonds is 3. The molecular formula is C19H20F4N2O3S. The molecule has 5 nitrogen and oxygen atoms in total. The van der Waals surface area contributed by atoms with Crippen molar-refractivity contribution in [1.29, 1.82) is 0 Å². The topological polar surface area (TPSA) is 83.6 Å². The SMILES string of the molecule is NCc1cccc(C2CCN(C(=O)c3ccc(F)s3)CC2)c1.O=C(O)C(F)(F)F. The first-order valence-electron chi connectivity index (χ1n) is 8.75. The lowest BCUT2D eigenvalue weighted by Crippen LogP contribution is -2.37. The minimum absolute atomic E-state index is 0.0527. The van der Waals surface area contributed by atoms with Crippen LogP contribution in [0, 0.1) is 5.13 Å². The van der Waals surface area contributed by atoms with Gasteiger partial charge in [0.05, 0.1) is 4.88 Å². The molecule has 2 aromatic rings. The quantitative estimate of drug-likeness (QED) is 0.719. The van der Waals surface area contributed by atoms with Crippen LogP contribution in [0.25, 0.3) is 0 Å². The summed E-state index contributed by atoms with van der Waals surface area (Å²) < 4.78 is 44.8. The Kier molecular flexibility index (Phi) is 7.74. The highest BCUT2D eigenvalue weighted by Crippen LogP contribution is 2.29. The molecule has 0 spiro atoms. The van der Waals surface area contributed by atoms with Crippen molar-refractivity contribution in [3.63, 3.8) is 0 Å². The van der Waals surface area contributed by atoms with Crippen molar-refractivity contribution in [3.05, 3.63) is 57.5 Å². The number of piperidine rings is 1. The Bertz CT molecular complexity index is 846. The average Bonchev–Trinajstić information content (AvgIpc) is 3.13. The lowest BCUT2D eigenvalue weighted by molar-refractivity contribution is -0.192. The van der Waals surface area contributed by atoms with E-state index in [9.17, 15) is 22.4 Å². The molecule has 1 aromatic heterocycles. The van der Waals surface area contributed by atoms with Gasteiger partial charge in [0.25, 0.3) is 5.91 Å². The maximum Gasteiger partial charge on any atom is 0.490 e. The summed E-state index contributed by atoms with van der Waals surface area (Å²) in [5, 5.41) is 6.82. The van der Waals surface area contributed by atoms with Gasteiger partial charge >= 0.3 is 12.1 Å². The zero-order chi connectivity index (χ0) is 21.6. The smallest absolute Gasteiger partial charge is 0.475 e. The van der Waals surface area contributed by atoms with E-state index in [-0.39, 0.29) is 11.0 Å². The number of carboxylic acids is 1. The molecular weight excluding hydrogens is 412 g/mol. The second kappa shape index (κ2) is 9.84. The van der Waals surface area contributed by atoms with E-state index in [0.29, 0.717) is 17.3 Å². The predicted octanol–water partition coefficient (Wildman–Crippen LogP) is 4.00. The number of carbonyl (C=O) groups is 2. The Balaban J connectivity index is 0.000000370. The van der Waals surface area contributed by atoms with E-state index in [4.69, 9.17) is 15.6 Å². The first kappa shape index (κ1) is 22.8. The second-order valence-electron chi connectivity index (χ2n) is 6.42. The molecule has 0 atom stereocenters. The summed E-state index contributed by atoms with van der Waals surface area (Å²) in [6, 6.07) is 11.3. The standard InChI is InChI=1S/C17H19FN2OS.C2HF3O2/c18-16-5-4-15(22-16)17(21)20-8-6-13(7-9-20)14-3-1-2-12(10-14)11-19;3-2(4,5)1(6)7/h1-5,10,13H,6-9,11,19H2;(H,6,7). The average molecular weight is 432 g/mol. The van der Waals surface area contributed by atoms with Crippen molar-refractivity contribution in [2.45, 2.75) is 31.5 Å². The normalized spacial score (nSPS) is 14.9. The first-order chi connectivity index (χ1) is 13.6. The van der Waals surface area contributed by atoms with E-state index in [1.165, 1.54) is 11.6 Å². The molecule has 3 rings (SSSR count). The summed E-state index contributed by atoms with van der Waals surface area (Å²) in [7, 11) is 0. The summed E-state index contributed by atoms with van der Waals surface area (Å²) in [5.74, 6) is -2.34. The maximum absolute atomic E-state index is 13.0. The van der Waals surface area contributed by atoms with Crippen LogP contribution in [0.1, 0.15) is 39.6 Å². The number of amides is 1. The monoisotopic (exact) mass is 432 g/mol. The lowest BCUT2D eigenvalue weighted by Gasteiger charge is -2.32. The number of nitrogens with zero attached hydrogens (tertiary/aromatic N) is 1. The third-order valence-electron chi connectivity index (χ3n) is 4.47. The predicted molar refractivity (Wildman–Crippen MR) is 100 cm³/mol. The highest BCUT2D eigenvalue weighted by atomic mass is 32.1. The Morgan fingerprint density at radius 2 is 1.79 bits per heavy atom. The molecule has 0 unspecified atom stereocenters. The van der Waals surface area contributed by atoms with Gasteiger partial charge in [-0.25, -0.2) is 4.79 Å². The van der Waals surface area contributed by atoms with Crippen LogP contribution >= 0.6 is 11.3 Å². The van der Waals surface area contributed by atoms with Crippen molar-refractivity contribution >= 4 is 23.2 Å². The van der Waals surface area contributed by atoms with Crippen LogP contribution in [0.4, 0.5) is 17.6 Å². The van der Waals surface area contributed by atoms with Crippen LogP contribution < -0.4 is 5.73 Å². The third-order valence-corrected chi connectivity index (χ3v) is 5.33. The van der Waals surface area contributed by atoms with Gasteiger partial charge in [-0.05, 0) is 42.0 Å². The van der Waals surface area contributed by atoms with Crippen molar-refractivity contribution in [1.82, 2.24) is 4.90 Å². The number of nitrogens with two attached hydrogens (primary N) is 1. The molecule has 1 amide bonds. The summed E-state index contributed by atoms with van der Waals surface area (Å²) in [5.41, 5.74) is 8.14. The molecule has 29 heavy (non-hydrogen) atoms. The molecule has 1 fully saturated rings. The van der Waals surface area contributed by atoms with Gasteiger partial charge in [-0.2, -0.15) is 17.6 Å². The zero-order valence-electron chi connectivity index (χ0n) is 15.3. The van der Waals surface area contributed by atoms with E-state index in [1.54, 1.807) is 6.07 Å². The second-order valence-corrected chi connectivity index (χ2v) is 7.46. The fraction of sp³-hybridized carbons (Fsp3) is 0.368. The third kappa shape index (κ3) is 6.53. The van der Waals surface area contributed by atoms with Crippen LogP contribution in [-0.2, 0) is 11.3 Å². The minimum Gasteiger partial charge on any atom is -0.475 e. The van der Waals surface area contributed by atoms with E-state index < -0.39 is 12.1 Å². The highest BCUT2D eigenvalue weighted by molar-refractivity contribution is 7.12. The number of carbonyl (C=O) groups excluding carboxylic acids is 1. The van der Waals surface area contributed by atoms with Crippen LogP contribution in [-0.4, -0.2) is 41.1 Å². The van der Waals surface area contributed by atoms with E-state index in [2.05, 4.69) is 12.1 Å². The Hall–Kier alpha value is -2.46. The van der Waals surface area contributed by atoms with E-state index >= 15 is 0 Å². The number of alkyl halides is 3. The Morgan fingerprint density at radius 1 is 1.17 bits per heavy atom. The number of halogens is 4. The van der Waals surface area contributed by atoms with Gasteiger partial charge in [-0.3, -0.25) is 4.79 Å². The molecule has 1 aromatic carbocycles. The molecule has 158 valence electrons. The molecule has 10 heteroatoms. The molecule has 0 saturated carbocycles. The molecule has 1 aliphatic heterocycles. The molecule has 1 aliphatic rings. The summed E-state index contributed by atoms with van der Waals surface area (Å²) in [6.45, 7) is 1.99. The number of aliphatic carboxylic acids is 1. The Morgan fingerprint density at radius 3 is 2.28 bits per heavy atom. The van der Waals surface area contributed by atoms with Gasteiger partial charge in [0.2, 0.25) is 0 Å². The van der Waals surface area contributed by atoms with Gasteiger partial charge in [-0.15, -0.1) is 11.3 Å². The van der Waals surface area contributed by atoms with Crippen molar-refractivity contribution in [2.24, 2.45) is 5.73 Å². The molecule has 1 saturated heterocycles. The molecule has 0 bridgehead atoms. The van der Waals surface area contributed by atoms with Crippen molar-refractivity contribution < 1.29 is 32.3 Å². The number of hydrogen-bond acceptors (Lipinski definition) is 4. The Labute approximate surface area is 168 Å². The van der Waals surface area contributed by atoms with Crippen molar-refractivity contribution in [3.8, 4) is 0 Å². The van der Waals surface area contributed by atoms with Crippen LogP contribution in [0.2, 0.25) is 0 Å². The van der Waals surface area contributed by atoms with Crippen molar-refractivity contribution in [2.75, 3.05) is 13.1 Å². The molecule has 0 radical (unpaired) electrons. The molecule has 3 N–H and O–H groups in total. The number of benzene rings is 1.